The summed E-state index contributed by atoms with van der Waals surface area (Å²) in [4.78, 5) is 11.9. The topological polar surface area (TPSA) is 58.6 Å². The van der Waals surface area contributed by atoms with Crippen molar-refractivity contribution in [3.8, 4) is 5.75 Å². The van der Waals surface area contributed by atoms with Gasteiger partial charge in [-0.3, -0.25) is 4.79 Å². The molecule has 1 amide bonds. The number of methoxy groups -OCH3 is 1. The fourth-order valence-electron chi connectivity index (χ4n) is 2.35. The molecule has 0 radical (unpaired) electrons. The van der Waals surface area contributed by atoms with Crippen LogP contribution in [-0.2, 0) is 11.2 Å². The van der Waals surface area contributed by atoms with Crippen molar-refractivity contribution >= 4 is 5.91 Å². The minimum Gasteiger partial charge on any atom is -0.497 e. The first-order valence-electron chi connectivity index (χ1n) is 6.92. The molecule has 0 saturated carbocycles. The van der Waals surface area contributed by atoms with Crippen LogP contribution in [0.15, 0.2) is 36.4 Å². The van der Waals surface area contributed by atoms with Crippen molar-refractivity contribution in [3.63, 3.8) is 0 Å². The van der Waals surface area contributed by atoms with Crippen LogP contribution in [0.3, 0.4) is 0 Å². The Kier molecular flexibility index (Phi) is 5.18. The third-order valence-corrected chi connectivity index (χ3v) is 3.55. The molecule has 4 nitrogen and oxygen atoms in total. The molecule has 2 N–H and O–H groups in total. The van der Waals surface area contributed by atoms with E-state index < -0.39 is 0 Å². The first-order valence-corrected chi connectivity index (χ1v) is 6.92. The van der Waals surface area contributed by atoms with Crippen molar-refractivity contribution < 1.29 is 14.6 Å². The number of hydrogen-bond acceptors (Lipinski definition) is 3. The Hall–Kier alpha value is -1.81. The molecule has 0 unspecified atom stereocenters. The van der Waals surface area contributed by atoms with E-state index >= 15 is 0 Å². The van der Waals surface area contributed by atoms with Gasteiger partial charge in [0.1, 0.15) is 5.75 Å². The number of aliphatic hydroxyl groups excluding tert-OH is 1. The van der Waals surface area contributed by atoms with Crippen molar-refractivity contribution in [3.05, 3.63) is 42.0 Å². The lowest BCUT2D eigenvalue weighted by Crippen LogP contribution is -2.33. The van der Waals surface area contributed by atoms with Crippen LogP contribution in [0.2, 0.25) is 0 Å². The Morgan fingerprint density at radius 3 is 2.70 bits per heavy atom. The number of aryl methyl sites for hydroxylation is 1. The first-order chi connectivity index (χ1) is 9.71. The quantitative estimate of drug-likeness (QED) is 0.777. The van der Waals surface area contributed by atoms with Gasteiger partial charge in [-0.2, -0.15) is 0 Å². The van der Waals surface area contributed by atoms with E-state index in [4.69, 9.17) is 9.84 Å². The summed E-state index contributed by atoms with van der Waals surface area (Å²) in [5, 5.41) is 12.0. The average molecular weight is 275 g/mol. The molecule has 0 bridgehead atoms. The molecule has 0 spiro atoms. The molecule has 20 heavy (non-hydrogen) atoms. The Balaban J connectivity index is 1.73. The maximum Gasteiger partial charge on any atom is 0.220 e. The van der Waals surface area contributed by atoms with E-state index in [0.717, 1.165) is 24.2 Å². The number of hydrogen-bond donors (Lipinski definition) is 2. The van der Waals surface area contributed by atoms with E-state index in [-0.39, 0.29) is 24.5 Å². The molecular weight excluding hydrogens is 254 g/mol. The minimum absolute atomic E-state index is 0.0501. The van der Waals surface area contributed by atoms with Crippen LogP contribution in [0.25, 0.3) is 0 Å². The molecule has 1 aliphatic carbocycles. The van der Waals surface area contributed by atoms with Crippen molar-refractivity contribution in [2.24, 2.45) is 5.92 Å². The molecule has 0 saturated heterocycles. The third kappa shape index (κ3) is 4.10. The lowest BCUT2D eigenvalue weighted by atomic mass is 10.1. The van der Waals surface area contributed by atoms with Crippen LogP contribution < -0.4 is 10.1 Å². The largest absolute Gasteiger partial charge is 0.497 e. The zero-order valence-corrected chi connectivity index (χ0v) is 11.7. The van der Waals surface area contributed by atoms with Gasteiger partial charge in [0.25, 0.3) is 0 Å². The summed E-state index contributed by atoms with van der Waals surface area (Å²) in [7, 11) is 1.64. The predicted octanol–water partition coefficient (Wildman–Crippen LogP) is 1.68. The average Bonchev–Trinajstić information content (AvgIpc) is 2.93. The number of carbonyl (C=O) groups excluding carboxylic acids is 1. The summed E-state index contributed by atoms with van der Waals surface area (Å²) in [5.74, 6) is 1.06. The van der Waals surface area contributed by atoms with Crippen molar-refractivity contribution in [1.82, 2.24) is 5.32 Å². The highest BCUT2D eigenvalue weighted by molar-refractivity contribution is 5.76. The summed E-state index contributed by atoms with van der Waals surface area (Å²) in [5.41, 5.74) is 1.12. The zero-order chi connectivity index (χ0) is 14.4. The van der Waals surface area contributed by atoms with E-state index in [1.807, 2.05) is 36.4 Å². The fourth-order valence-corrected chi connectivity index (χ4v) is 2.35. The number of ether oxygens (including phenoxy) is 1. The molecule has 1 aliphatic rings. The van der Waals surface area contributed by atoms with E-state index in [9.17, 15) is 4.79 Å². The predicted molar refractivity (Wildman–Crippen MR) is 77.6 cm³/mol. The number of benzene rings is 1. The summed E-state index contributed by atoms with van der Waals surface area (Å²) in [6.07, 6.45) is 5.92. The Labute approximate surface area is 119 Å². The second-order valence-corrected chi connectivity index (χ2v) is 5.09. The number of nitrogens with one attached hydrogen (secondary N) is 1. The van der Waals surface area contributed by atoms with Gasteiger partial charge in [0.2, 0.25) is 5.91 Å². The number of rotatable bonds is 6. The molecule has 4 heteroatoms. The van der Waals surface area contributed by atoms with Crippen LogP contribution in [0.5, 0.6) is 5.75 Å². The van der Waals surface area contributed by atoms with Gasteiger partial charge < -0.3 is 15.2 Å². The third-order valence-electron chi connectivity index (χ3n) is 3.55. The molecular formula is C16H21NO3. The van der Waals surface area contributed by atoms with Gasteiger partial charge >= 0.3 is 0 Å². The van der Waals surface area contributed by atoms with Gasteiger partial charge in [-0.05, 0) is 30.5 Å². The lowest BCUT2D eigenvalue weighted by Gasteiger charge is -2.12. The minimum atomic E-state index is 0.0501. The Morgan fingerprint density at radius 2 is 2.10 bits per heavy atom. The molecule has 0 heterocycles. The highest BCUT2D eigenvalue weighted by atomic mass is 16.5. The van der Waals surface area contributed by atoms with Gasteiger partial charge in [-0.1, -0.05) is 24.3 Å². The van der Waals surface area contributed by atoms with Crippen LogP contribution in [0.1, 0.15) is 18.4 Å². The second kappa shape index (κ2) is 7.10. The Bertz CT molecular complexity index is 467. The lowest BCUT2D eigenvalue weighted by molar-refractivity contribution is -0.121. The molecule has 1 aromatic rings. The van der Waals surface area contributed by atoms with Crippen LogP contribution in [-0.4, -0.2) is 30.8 Å². The summed E-state index contributed by atoms with van der Waals surface area (Å²) < 4.78 is 5.10. The molecule has 2 rings (SSSR count). The van der Waals surface area contributed by atoms with Crippen molar-refractivity contribution in [1.29, 1.82) is 0 Å². The standard InChI is InChI=1S/C16H21NO3/c1-20-15-7-3-12(4-8-15)5-9-16(19)17-14-6-2-13(10-14)11-18/h2-4,6-8,13-14,18H,5,9-11H2,1H3,(H,17,19)/t13-,14+/m0/s1. The molecule has 0 aromatic heterocycles. The van der Waals surface area contributed by atoms with E-state index in [2.05, 4.69) is 5.32 Å². The van der Waals surface area contributed by atoms with Crippen LogP contribution in [0.4, 0.5) is 0 Å². The van der Waals surface area contributed by atoms with Gasteiger partial charge in [0.15, 0.2) is 0 Å². The highest BCUT2D eigenvalue weighted by Crippen LogP contribution is 2.17. The highest BCUT2D eigenvalue weighted by Gasteiger charge is 2.19. The summed E-state index contributed by atoms with van der Waals surface area (Å²) in [6.45, 7) is 0.148. The molecule has 0 aliphatic heterocycles. The van der Waals surface area contributed by atoms with E-state index in [1.54, 1.807) is 7.11 Å². The van der Waals surface area contributed by atoms with E-state index in [1.165, 1.54) is 0 Å². The molecule has 2 atom stereocenters. The van der Waals surface area contributed by atoms with Crippen molar-refractivity contribution in [2.45, 2.75) is 25.3 Å². The monoisotopic (exact) mass is 275 g/mol. The molecule has 0 fully saturated rings. The van der Waals surface area contributed by atoms with Gasteiger partial charge in [0.05, 0.1) is 7.11 Å². The SMILES string of the molecule is COc1ccc(CCC(=O)N[C@@H]2C=C[C@H](CO)C2)cc1. The van der Waals surface area contributed by atoms with Gasteiger partial charge in [-0.15, -0.1) is 0 Å². The maximum atomic E-state index is 11.9. The number of aliphatic hydroxyl groups is 1. The smallest absolute Gasteiger partial charge is 0.220 e. The summed E-state index contributed by atoms with van der Waals surface area (Å²) in [6, 6.07) is 7.82. The molecule has 1 aromatic carbocycles. The number of carbonyl (C=O) groups is 1. The number of amides is 1. The van der Waals surface area contributed by atoms with E-state index in [0.29, 0.717) is 6.42 Å². The fraction of sp³-hybridized carbons (Fsp3) is 0.438. The Morgan fingerprint density at radius 1 is 1.35 bits per heavy atom. The second-order valence-electron chi connectivity index (χ2n) is 5.09. The van der Waals surface area contributed by atoms with Gasteiger partial charge in [-0.25, -0.2) is 0 Å². The van der Waals surface area contributed by atoms with Crippen LogP contribution >= 0.6 is 0 Å². The normalized spacial score (nSPS) is 20.9. The van der Waals surface area contributed by atoms with Crippen molar-refractivity contribution in [2.75, 3.05) is 13.7 Å². The van der Waals surface area contributed by atoms with Crippen LogP contribution in [0, 0.1) is 5.92 Å². The van der Waals surface area contributed by atoms with Gasteiger partial charge in [0, 0.05) is 25.0 Å². The maximum absolute atomic E-state index is 11.9. The summed E-state index contributed by atoms with van der Waals surface area (Å²) >= 11 is 0. The zero-order valence-electron chi connectivity index (χ0n) is 11.7. The first kappa shape index (κ1) is 14.6. The molecule has 108 valence electrons.